The molecule has 2 saturated carbocycles. The molecule has 2 aliphatic carbocycles. The molecule has 3 amide bonds. The highest BCUT2D eigenvalue weighted by Gasteiger charge is 2.70. The average Bonchev–Trinajstić information content (AvgIpc) is 3.48. The molecule has 2 N–H and O–H groups in total. The van der Waals surface area contributed by atoms with Crippen LogP contribution in [0.5, 0.6) is 0 Å². The van der Waals surface area contributed by atoms with Crippen molar-refractivity contribution >= 4 is 58.1 Å². The molecule has 0 spiro atoms. The molecule has 7 nitrogen and oxygen atoms in total. The van der Waals surface area contributed by atoms with Crippen LogP contribution in [0.2, 0.25) is 5.02 Å². The van der Waals surface area contributed by atoms with E-state index in [1.54, 1.807) is 36.0 Å². The Bertz CT molecular complexity index is 1250. The van der Waals surface area contributed by atoms with Gasteiger partial charge in [0.1, 0.15) is 6.54 Å². The Hall–Kier alpha value is -2.10. The molecular formula is C23H22ClN3O4S2. The summed E-state index contributed by atoms with van der Waals surface area (Å²) in [6, 6.07) is 6.68. The average molecular weight is 504 g/mol. The lowest BCUT2D eigenvalue weighted by molar-refractivity contribution is -0.143. The summed E-state index contributed by atoms with van der Waals surface area (Å²) in [6.45, 7) is 4.03. The van der Waals surface area contributed by atoms with Gasteiger partial charge in [-0.25, -0.2) is 0 Å². The zero-order valence-corrected chi connectivity index (χ0v) is 20.4. The van der Waals surface area contributed by atoms with Crippen LogP contribution < -0.4 is 10.2 Å². The van der Waals surface area contributed by atoms with E-state index >= 15 is 0 Å². The van der Waals surface area contributed by atoms with E-state index < -0.39 is 5.91 Å². The number of thioether (sulfide) groups is 1. The lowest BCUT2D eigenvalue weighted by Gasteiger charge is -2.47. The van der Waals surface area contributed by atoms with Crippen molar-refractivity contribution in [2.45, 2.75) is 36.0 Å². The molecule has 2 aliphatic heterocycles. The van der Waals surface area contributed by atoms with Crippen LogP contribution in [0.1, 0.15) is 25.1 Å². The van der Waals surface area contributed by atoms with Crippen LogP contribution in [0.25, 0.3) is 0 Å². The monoisotopic (exact) mass is 503 g/mol. The number of carbonyl (C=O) groups excluding carboxylic acids is 3. The van der Waals surface area contributed by atoms with E-state index in [-0.39, 0.29) is 63.5 Å². The molecule has 0 unspecified atom stereocenters. The standard InChI is InChI=1S/C23H22ClN3O4S2/c1-23(2)16-11-7-12(17(16)32-19-18(23)33-22(31)26-19)15-14(11)20(29)27(21(15)30)8-13(28)25-10-5-3-9(24)4-6-10/h3-6,11-12,14-17H,7-8H2,1-2H3,(H,25,28)(H,26,31)/t11-,12-,14-,15-,16-,17+/m1/s1. The molecule has 33 heavy (non-hydrogen) atoms. The zero-order chi connectivity index (χ0) is 23.2. The third-order valence-corrected chi connectivity index (χ3v) is 11.0. The van der Waals surface area contributed by atoms with Gasteiger partial charge in [-0.1, -0.05) is 36.8 Å². The summed E-state index contributed by atoms with van der Waals surface area (Å²) in [6.07, 6.45) is 0.850. The van der Waals surface area contributed by atoms with Gasteiger partial charge < -0.3 is 10.3 Å². The van der Waals surface area contributed by atoms with Gasteiger partial charge in [0.15, 0.2) is 0 Å². The largest absolute Gasteiger partial charge is 0.325 e. The summed E-state index contributed by atoms with van der Waals surface area (Å²) in [7, 11) is 0. The highest BCUT2D eigenvalue weighted by Crippen LogP contribution is 2.68. The highest BCUT2D eigenvalue weighted by molar-refractivity contribution is 8.00. The Morgan fingerprint density at radius 1 is 1.15 bits per heavy atom. The number of likely N-dealkylation sites (tertiary alicyclic amines) is 1. The molecule has 4 aliphatic rings. The third-order valence-electron chi connectivity index (χ3n) is 7.91. The Morgan fingerprint density at radius 2 is 1.82 bits per heavy atom. The van der Waals surface area contributed by atoms with Gasteiger partial charge in [0, 0.05) is 26.3 Å². The number of anilines is 1. The number of amides is 3. The maximum atomic E-state index is 13.4. The van der Waals surface area contributed by atoms with Crippen LogP contribution in [-0.4, -0.2) is 39.4 Å². The van der Waals surface area contributed by atoms with E-state index in [0.717, 1.165) is 21.2 Å². The first-order valence-electron chi connectivity index (χ1n) is 11.0. The van der Waals surface area contributed by atoms with Crippen LogP contribution in [0.15, 0.2) is 34.1 Å². The Labute approximate surface area is 203 Å². The second-order valence-electron chi connectivity index (χ2n) is 9.94. The normalized spacial score (nSPS) is 33.1. The SMILES string of the molecule is CC1(C)c2sc(=O)[nH]c2S[C@H]2[C@@H]3C[C@H]([C@H]4C(=O)N(CC(=O)Nc5ccc(Cl)cc5)C(=O)[C@H]34)[C@H]21. The highest BCUT2D eigenvalue weighted by atomic mass is 35.5. The Morgan fingerprint density at radius 3 is 2.52 bits per heavy atom. The van der Waals surface area contributed by atoms with Gasteiger partial charge in [-0.05, 0) is 48.4 Å². The summed E-state index contributed by atoms with van der Waals surface area (Å²) in [5.41, 5.74) is 0.315. The van der Waals surface area contributed by atoms with E-state index in [9.17, 15) is 19.2 Å². The van der Waals surface area contributed by atoms with Crippen LogP contribution in [0.3, 0.4) is 0 Å². The number of hydrogen-bond donors (Lipinski definition) is 2. The molecule has 1 aromatic carbocycles. The number of nitrogens with zero attached hydrogens (tertiary/aromatic N) is 1. The van der Waals surface area contributed by atoms with Crippen molar-refractivity contribution in [3.63, 3.8) is 0 Å². The summed E-state index contributed by atoms with van der Waals surface area (Å²) in [4.78, 5) is 56.5. The molecule has 1 saturated heterocycles. The van der Waals surface area contributed by atoms with Gasteiger partial charge in [-0.3, -0.25) is 24.1 Å². The number of H-pyrrole nitrogens is 1. The van der Waals surface area contributed by atoms with Gasteiger partial charge in [-0.15, -0.1) is 11.8 Å². The second-order valence-corrected chi connectivity index (χ2v) is 12.5. The number of benzene rings is 1. The number of aromatic amines is 1. The molecule has 3 heterocycles. The number of aromatic nitrogens is 1. The van der Waals surface area contributed by atoms with Crippen molar-refractivity contribution in [2.75, 3.05) is 11.9 Å². The fourth-order valence-electron chi connectivity index (χ4n) is 6.75. The molecule has 2 aromatic rings. The molecule has 3 fully saturated rings. The molecule has 1 aromatic heterocycles. The van der Waals surface area contributed by atoms with Gasteiger partial charge in [0.2, 0.25) is 17.7 Å². The lowest BCUT2D eigenvalue weighted by atomic mass is 9.64. The smallest absolute Gasteiger partial charge is 0.305 e. The maximum absolute atomic E-state index is 13.4. The number of hydrogen-bond acceptors (Lipinski definition) is 6. The van der Waals surface area contributed by atoms with Gasteiger partial charge in [0.25, 0.3) is 0 Å². The predicted molar refractivity (Wildman–Crippen MR) is 126 cm³/mol. The summed E-state index contributed by atoms with van der Waals surface area (Å²) in [5, 5.41) is 4.39. The number of nitrogens with one attached hydrogen (secondary N) is 2. The Balaban J connectivity index is 1.25. The first-order valence-corrected chi connectivity index (χ1v) is 13.0. The van der Waals surface area contributed by atoms with Crippen molar-refractivity contribution in [3.05, 3.63) is 43.8 Å². The minimum absolute atomic E-state index is 0.0573. The van der Waals surface area contributed by atoms with Crippen LogP contribution >= 0.6 is 34.7 Å². The first-order chi connectivity index (χ1) is 15.7. The topological polar surface area (TPSA) is 99.3 Å². The van der Waals surface area contributed by atoms with E-state index in [2.05, 4.69) is 24.1 Å². The molecule has 172 valence electrons. The maximum Gasteiger partial charge on any atom is 0.305 e. The number of imide groups is 1. The summed E-state index contributed by atoms with van der Waals surface area (Å²) >= 11 is 8.81. The number of thiazole rings is 1. The van der Waals surface area contributed by atoms with Gasteiger partial charge in [-0.2, -0.15) is 0 Å². The molecule has 6 atom stereocenters. The van der Waals surface area contributed by atoms with Crippen molar-refractivity contribution in [3.8, 4) is 0 Å². The van der Waals surface area contributed by atoms with E-state index in [1.165, 1.54) is 11.3 Å². The predicted octanol–water partition coefficient (Wildman–Crippen LogP) is 3.35. The van der Waals surface area contributed by atoms with Crippen LogP contribution in [0.4, 0.5) is 5.69 Å². The number of carbonyl (C=O) groups is 3. The van der Waals surface area contributed by atoms with Crippen molar-refractivity contribution in [2.24, 2.45) is 29.6 Å². The molecule has 6 rings (SSSR count). The molecule has 10 heteroatoms. The van der Waals surface area contributed by atoms with Crippen LogP contribution in [0, 0.1) is 29.6 Å². The lowest BCUT2D eigenvalue weighted by Crippen LogP contribution is -2.48. The van der Waals surface area contributed by atoms with Crippen molar-refractivity contribution < 1.29 is 14.4 Å². The molecular weight excluding hydrogens is 482 g/mol. The number of halogens is 1. The van der Waals surface area contributed by atoms with Crippen molar-refractivity contribution in [1.29, 1.82) is 0 Å². The molecule has 0 radical (unpaired) electrons. The van der Waals surface area contributed by atoms with E-state index in [0.29, 0.717) is 10.7 Å². The van der Waals surface area contributed by atoms with E-state index in [1.807, 2.05) is 0 Å². The zero-order valence-electron chi connectivity index (χ0n) is 18.0. The minimum atomic E-state index is -0.404. The summed E-state index contributed by atoms with van der Waals surface area (Å²) in [5.74, 6) is -1.23. The quantitative estimate of drug-likeness (QED) is 0.626. The van der Waals surface area contributed by atoms with Crippen molar-refractivity contribution in [1.82, 2.24) is 9.88 Å². The van der Waals surface area contributed by atoms with Gasteiger partial charge >= 0.3 is 4.87 Å². The fourth-order valence-corrected chi connectivity index (χ4v) is 10.0. The second kappa shape index (κ2) is 7.20. The van der Waals surface area contributed by atoms with Crippen LogP contribution in [-0.2, 0) is 19.8 Å². The van der Waals surface area contributed by atoms with E-state index in [4.69, 9.17) is 11.6 Å². The third kappa shape index (κ3) is 3.01. The number of fused-ring (bicyclic) bond motifs is 9. The minimum Gasteiger partial charge on any atom is -0.325 e. The summed E-state index contributed by atoms with van der Waals surface area (Å²) < 4.78 is 0. The first kappa shape index (κ1) is 21.4. The Kier molecular flexibility index (Phi) is 4.68. The number of rotatable bonds is 3. The fraction of sp³-hybridized carbons (Fsp3) is 0.478. The molecule has 2 bridgehead atoms. The van der Waals surface area contributed by atoms with Gasteiger partial charge in [0.05, 0.1) is 16.9 Å².